The molecule has 1 nitrogen and oxygen atoms in total. The second-order valence-electron chi connectivity index (χ2n) is 2.13. The summed E-state index contributed by atoms with van der Waals surface area (Å²) in [4.78, 5) is 3.82. The molecule has 0 saturated carbocycles. The van der Waals surface area contributed by atoms with Gasteiger partial charge in [0.05, 0.1) is 0 Å². The summed E-state index contributed by atoms with van der Waals surface area (Å²) in [6.45, 7) is 7.11. The highest BCUT2D eigenvalue weighted by atomic mass is 14.6. The fourth-order valence-electron chi connectivity index (χ4n) is 0.648. The smallest absolute Gasteiger partial charge is 0.0264 e. The molecular weight excluding hydrogens is 134 g/mol. The SMILES string of the molecule is C=CCCC/C=C\C=N/C=C. The van der Waals surface area contributed by atoms with Gasteiger partial charge in [0, 0.05) is 12.4 Å². The van der Waals surface area contributed by atoms with Crippen LogP contribution in [0.3, 0.4) is 0 Å². The zero-order chi connectivity index (χ0) is 8.36. The first kappa shape index (κ1) is 9.89. The van der Waals surface area contributed by atoms with Gasteiger partial charge >= 0.3 is 0 Å². The van der Waals surface area contributed by atoms with Gasteiger partial charge in [-0.3, -0.25) is 4.99 Å². The molecule has 0 aromatic heterocycles. The van der Waals surface area contributed by atoms with Gasteiger partial charge in [0.15, 0.2) is 0 Å². The van der Waals surface area contributed by atoms with Crippen molar-refractivity contribution in [3.8, 4) is 0 Å². The Morgan fingerprint density at radius 2 is 2.00 bits per heavy atom. The molecule has 60 valence electrons. The topological polar surface area (TPSA) is 12.4 Å². The van der Waals surface area contributed by atoms with E-state index in [2.05, 4.69) is 24.2 Å². The Balaban J connectivity index is 3.22. The van der Waals surface area contributed by atoms with Crippen molar-refractivity contribution in [1.82, 2.24) is 0 Å². The van der Waals surface area contributed by atoms with Crippen LogP contribution in [-0.2, 0) is 0 Å². The highest BCUT2D eigenvalue weighted by Gasteiger charge is 1.76. The quantitative estimate of drug-likeness (QED) is 0.312. The zero-order valence-corrected chi connectivity index (χ0v) is 6.87. The second kappa shape index (κ2) is 8.89. The zero-order valence-electron chi connectivity index (χ0n) is 6.87. The van der Waals surface area contributed by atoms with Crippen LogP contribution in [0.4, 0.5) is 0 Å². The third-order valence-electron chi connectivity index (χ3n) is 1.19. The Hall–Kier alpha value is -1.11. The van der Waals surface area contributed by atoms with Gasteiger partial charge in [-0.15, -0.1) is 6.58 Å². The number of aliphatic imine (C=N–C) groups is 1. The summed E-state index contributed by atoms with van der Waals surface area (Å²) in [6, 6.07) is 0. The van der Waals surface area contributed by atoms with Crippen LogP contribution < -0.4 is 0 Å². The molecule has 0 atom stereocenters. The van der Waals surface area contributed by atoms with Gasteiger partial charge in [-0.1, -0.05) is 18.7 Å². The van der Waals surface area contributed by atoms with Crippen molar-refractivity contribution in [2.75, 3.05) is 0 Å². The maximum Gasteiger partial charge on any atom is 0.0264 e. The van der Waals surface area contributed by atoms with Crippen molar-refractivity contribution in [2.24, 2.45) is 4.99 Å². The molecule has 0 aromatic carbocycles. The summed E-state index contributed by atoms with van der Waals surface area (Å²) >= 11 is 0. The molecule has 0 aliphatic rings. The number of allylic oxidation sites excluding steroid dienone is 3. The van der Waals surface area contributed by atoms with Crippen molar-refractivity contribution in [3.63, 3.8) is 0 Å². The summed E-state index contributed by atoms with van der Waals surface area (Å²) in [5.41, 5.74) is 0. The molecule has 0 aliphatic heterocycles. The minimum absolute atomic E-state index is 1.09. The molecule has 0 unspecified atom stereocenters. The van der Waals surface area contributed by atoms with Gasteiger partial charge in [0.2, 0.25) is 0 Å². The van der Waals surface area contributed by atoms with Crippen LogP contribution in [0.5, 0.6) is 0 Å². The van der Waals surface area contributed by atoms with Gasteiger partial charge in [-0.2, -0.15) is 0 Å². The predicted molar refractivity (Wildman–Crippen MR) is 51.9 cm³/mol. The molecule has 0 rings (SSSR count). The molecule has 0 bridgehead atoms. The van der Waals surface area contributed by atoms with Crippen LogP contribution in [0.2, 0.25) is 0 Å². The molecule has 0 aromatic rings. The number of nitrogens with zero attached hydrogens (tertiary/aromatic N) is 1. The Bertz CT molecular complexity index is 154. The van der Waals surface area contributed by atoms with E-state index in [-0.39, 0.29) is 0 Å². The normalized spacial score (nSPS) is 10.9. The van der Waals surface area contributed by atoms with E-state index in [9.17, 15) is 0 Å². The molecule has 0 aliphatic carbocycles. The highest BCUT2D eigenvalue weighted by Crippen LogP contribution is 1.95. The van der Waals surface area contributed by atoms with E-state index in [1.165, 1.54) is 12.6 Å². The minimum Gasteiger partial charge on any atom is -0.265 e. The van der Waals surface area contributed by atoms with E-state index < -0.39 is 0 Å². The molecule has 0 heterocycles. The Labute approximate surface area is 68.9 Å². The Morgan fingerprint density at radius 3 is 2.64 bits per heavy atom. The average Bonchev–Trinajstić information content (AvgIpc) is 2.03. The first-order valence-corrected chi connectivity index (χ1v) is 3.82. The maximum atomic E-state index is 3.82. The van der Waals surface area contributed by atoms with Gasteiger partial charge in [-0.25, -0.2) is 0 Å². The first-order valence-electron chi connectivity index (χ1n) is 3.82. The largest absolute Gasteiger partial charge is 0.265 e. The van der Waals surface area contributed by atoms with Crippen molar-refractivity contribution in [1.29, 1.82) is 0 Å². The van der Waals surface area contributed by atoms with Crippen LogP contribution in [0.1, 0.15) is 19.3 Å². The number of unbranched alkanes of at least 4 members (excludes halogenated alkanes) is 2. The van der Waals surface area contributed by atoms with Crippen LogP contribution >= 0.6 is 0 Å². The van der Waals surface area contributed by atoms with Crippen molar-refractivity contribution >= 4 is 6.21 Å². The molecule has 0 saturated heterocycles. The molecule has 0 amide bonds. The molecular formula is C10H15N. The first-order chi connectivity index (χ1) is 5.41. The molecule has 0 N–H and O–H groups in total. The highest BCUT2D eigenvalue weighted by molar-refractivity contribution is 5.71. The van der Waals surface area contributed by atoms with Crippen LogP contribution in [0.25, 0.3) is 0 Å². The van der Waals surface area contributed by atoms with Crippen molar-refractivity contribution in [2.45, 2.75) is 19.3 Å². The second-order valence-corrected chi connectivity index (χ2v) is 2.13. The lowest BCUT2D eigenvalue weighted by atomic mass is 10.2. The minimum atomic E-state index is 1.09. The Morgan fingerprint density at radius 1 is 1.18 bits per heavy atom. The number of hydrogen-bond acceptors (Lipinski definition) is 1. The lowest BCUT2D eigenvalue weighted by Crippen LogP contribution is -1.68. The standard InChI is InChI=1S/C10H15N/c1-3-5-6-7-8-9-10-11-4-2/h3-4,8-10H,1-2,5-7H2/b9-8-,11-10-. The van der Waals surface area contributed by atoms with Crippen LogP contribution in [0, 0.1) is 0 Å². The van der Waals surface area contributed by atoms with Gasteiger partial charge in [-0.05, 0) is 25.3 Å². The number of rotatable bonds is 6. The monoisotopic (exact) mass is 149 g/mol. The summed E-state index contributed by atoms with van der Waals surface area (Å²) in [6.07, 6.45) is 12.6. The van der Waals surface area contributed by atoms with Gasteiger partial charge < -0.3 is 0 Å². The maximum absolute atomic E-state index is 3.82. The lowest BCUT2D eigenvalue weighted by molar-refractivity contribution is 0.870. The van der Waals surface area contributed by atoms with E-state index in [1.54, 1.807) is 6.21 Å². The molecule has 1 heteroatoms. The third kappa shape index (κ3) is 8.89. The van der Waals surface area contributed by atoms with E-state index >= 15 is 0 Å². The fraction of sp³-hybridized carbons (Fsp3) is 0.300. The van der Waals surface area contributed by atoms with Crippen molar-refractivity contribution in [3.05, 3.63) is 37.6 Å². The molecule has 0 spiro atoms. The van der Waals surface area contributed by atoms with Crippen LogP contribution in [-0.4, -0.2) is 6.21 Å². The Kier molecular flexibility index (Phi) is 7.99. The lowest BCUT2D eigenvalue weighted by Gasteiger charge is -1.86. The van der Waals surface area contributed by atoms with Crippen molar-refractivity contribution < 1.29 is 0 Å². The molecule has 0 radical (unpaired) electrons. The third-order valence-corrected chi connectivity index (χ3v) is 1.19. The summed E-state index contributed by atoms with van der Waals surface area (Å²) in [7, 11) is 0. The fourth-order valence-corrected chi connectivity index (χ4v) is 0.648. The van der Waals surface area contributed by atoms with E-state index in [0.29, 0.717) is 0 Å². The van der Waals surface area contributed by atoms with Gasteiger partial charge in [0.1, 0.15) is 0 Å². The molecule has 11 heavy (non-hydrogen) atoms. The average molecular weight is 149 g/mol. The van der Waals surface area contributed by atoms with Gasteiger partial charge in [0.25, 0.3) is 0 Å². The van der Waals surface area contributed by atoms with E-state index in [4.69, 9.17) is 0 Å². The number of hydrogen-bond donors (Lipinski definition) is 0. The molecule has 0 fully saturated rings. The van der Waals surface area contributed by atoms with Crippen LogP contribution in [0.15, 0.2) is 42.6 Å². The predicted octanol–water partition coefficient (Wildman–Crippen LogP) is 3.11. The summed E-state index contributed by atoms with van der Waals surface area (Å²) in [5.74, 6) is 0. The van der Waals surface area contributed by atoms with E-state index in [0.717, 1.165) is 12.8 Å². The van der Waals surface area contributed by atoms with E-state index in [1.807, 2.05) is 12.2 Å². The summed E-state index contributed by atoms with van der Waals surface area (Å²) < 4.78 is 0. The summed E-state index contributed by atoms with van der Waals surface area (Å²) in [5, 5.41) is 0.